The topological polar surface area (TPSA) is 17.8 Å². The Hall–Kier alpha value is -1.22. The van der Waals surface area contributed by atoms with Crippen LogP contribution in [-0.4, -0.2) is 9.55 Å². The van der Waals surface area contributed by atoms with Gasteiger partial charge in [0.15, 0.2) is 0 Å². The molecule has 126 valence electrons. The number of rotatable bonds is 5. The first kappa shape index (κ1) is 17.6. The maximum Gasteiger partial charge on any atom is 0.109 e. The van der Waals surface area contributed by atoms with Crippen LogP contribution in [0.3, 0.4) is 0 Å². The summed E-state index contributed by atoms with van der Waals surface area (Å²) in [6.07, 6.45) is 3.18. The van der Waals surface area contributed by atoms with Crippen molar-refractivity contribution in [3.05, 3.63) is 51.2 Å². The number of aryl methyl sites for hydroxylation is 2. The lowest BCUT2D eigenvalue weighted by Crippen LogP contribution is -2.02. The molecule has 3 aromatic rings. The zero-order valence-corrected chi connectivity index (χ0v) is 16.0. The first-order valence-corrected chi connectivity index (χ1v) is 9.33. The molecule has 0 spiro atoms. The lowest BCUT2D eigenvalue weighted by atomic mass is 10.0. The number of nitrogens with zero attached hydrogens (tertiary/aromatic N) is 2. The normalized spacial score (nSPS) is 11.4. The monoisotopic (exact) mass is 380 g/mol. The van der Waals surface area contributed by atoms with E-state index in [9.17, 15) is 0 Å². The molecule has 0 aliphatic carbocycles. The molecule has 0 aliphatic heterocycles. The Morgan fingerprint density at radius 2 is 1.71 bits per heavy atom. The van der Waals surface area contributed by atoms with E-state index in [0.29, 0.717) is 15.1 Å². The molecule has 3 rings (SSSR count). The van der Waals surface area contributed by atoms with E-state index in [1.54, 1.807) is 6.07 Å². The number of aromatic nitrogens is 2. The number of imidazole rings is 1. The maximum atomic E-state index is 6.42. The standard InChI is InChI=1S/C19H19Cl3N2/c1-3-5-9-24-17-8-6-7-12(19(17)23-18(24)4-2)13-10-15(21)16(22)11-14(13)20/h6-8,10-11H,3-5,9H2,1-2H3. The van der Waals surface area contributed by atoms with Crippen molar-refractivity contribution >= 4 is 45.8 Å². The smallest absolute Gasteiger partial charge is 0.109 e. The summed E-state index contributed by atoms with van der Waals surface area (Å²) < 4.78 is 2.31. The molecule has 5 heteroatoms. The van der Waals surface area contributed by atoms with Crippen molar-refractivity contribution < 1.29 is 0 Å². The zero-order chi connectivity index (χ0) is 17.3. The van der Waals surface area contributed by atoms with Crippen molar-refractivity contribution in [1.82, 2.24) is 9.55 Å². The molecule has 1 aromatic heterocycles. The van der Waals surface area contributed by atoms with Gasteiger partial charge in [-0.1, -0.05) is 67.2 Å². The molecule has 2 nitrogen and oxygen atoms in total. The van der Waals surface area contributed by atoms with Gasteiger partial charge in [-0.05, 0) is 24.6 Å². The Balaban J connectivity index is 2.23. The van der Waals surface area contributed by atoms with Crippen LogP contribution in [0.5, 0.6) is 0 Å². The zero-order valence-electron chi connectivity index (χ0n) is 13.7. The highest BCUT2D eigenvalue weighted by atomic mass is 35.5. The molecule has 0 radical (unpaired) electrons. The van der Waals surface area contributed by atoms with E-state index in [1.807, 2.05) is 18.2 Å². The SMILES string of the molecule is CCCCn1c(CC)nc2c(-c3cc(Cl)c(Cl)cc3Cl)cccc21. The fourth-order valence-corrected chi connectivity index (χ4v) is 3.63. The van der Waals surface area contributed by atoms with Crippen molar-refractivity contribution in [2.45, 2.75) is 39.7 Å². The van der Waals surface area contributed by atoms with E-state index < -0.39 is 0 Å². The van der Waals surface area contributed by atoms with Crippen LogP contribution in [0.15, 0.2) is 30.3 Å². The highest BCUT2D eigenvalue weighted by Gasteiger charge is 2.16. The molecule has 0 fully saturated rings. The number of hydrogen-bond donors (Lipinski definition) is 0. The van der Waals surface area contributed by atoms with E-state index in [-0.39, 0.29) is 0 Å². The van der Waals surface area contributed by atoms with Gasteiger partial charge in [0.1, 0.15) is 5.82 Å². The number of unbranched alkanes of at least 4 members (excludes halogenated alkanes) is 1. The van der Waals surface area contributed by atoms with Gasteiger partial charge in [-0.2, -0.15) is 0 Å². The minimum atomic E-state index is 0.459. The minimum Gasteiger partial charge on any atom is -0.328 e. The highest BCUT2D eigenvalue weighted by molar-refractivity contribution is 6.44. The first-order valence-electron chi connectivity index (χ1n) is 8.19. The molecule has 0 saturated heterocycles. The predicted octanol–water partition coefficient (Wildman–Crippen LogP) is 7.03. The summed E-state index contributed by atoms with van der Waals surface area (Å²) in [6, 6.07) is 9.70. The molecule has 0 bridgehead atoms. The average Bonchev–Trinajstić information content (AvgIpc) is 2.94. The van der Waals surface area contributed by atoms with E-state index in [1.165, 1.54) is 0 Å². The van der Waals surface area contributed by atoms with Gasteiger partial charge in [0, 0.05) is 24.1 Å². The van der Waals surface area contributed by atoms with Crippen molar-refractivity contribution in [2.75, 3.05) is 0 Å². The Morgan fingerprint density at radius 3 is 2.42 bits per heavy atom. The molecular formula is C19H19Cl3N2. The van der Waals surface area contributed by atoms with Gasteiger partial charge in [-0.3, -0.25) is 0 Å². The van der Waals surface area contributed by atoms with Crippen molar-refractivity contribution in [1.29, 1.82) is 0 Å². The summed E-state index contributed by atoms with van der Waals surface area (Å²) in [5, 5.41) is 1.53. The van der Waals surface area contributed by atoms with Gasteiger partial charge in [-0.15, -0.1) is 0 Å². The van der Waals surface area contributed by atoms with Crippen LogP contribution >= 0.6 is 34.8 Å². The summed E-state index contributed by atoms with van der Waals surface area (Å²) >= 11 is 18.7. The summed E-state index contributed by atoms with van der Waals surface area (Å²) in [5.41, 5.74) is 3.95. The van der Waals surface area contributed by atoms with Crippen LogP contribution in [-0.2, 0) is 13.0 Å². The number of fused-ring (bicyclic) bond motifs is 1. The quantitative estimate of drug-likeness (QED) is 0.434. The molecule has 24 heavy (non-hydrogen) atoms. The predicted molar refractivity (Wildman–Crippen MR) is 104 cm³/mol. The van der Waals surface area contributed by atoms with E-state index >= 15 is 0 Å². The van der Waals surface area contributed by atoms with E-state index in [4.69, 9.17) is 39.8 Å². The van der Waals surface area contributed by atoms with Crippen LogP contribution in [0.2, 0.25) is 15.1 Å². The van der Waals surface area contributed by atoms with Gasteiger partial charge < -0.3 is 4.57 Å². The third-order valence-corrected chi connectivity index (χ3v) is 5.24. The Morgan fingerprint density at radius 1 is 0.958 bits per heavy atom. The summed E-state index contributed by atoms with van der Waals surface area (Å²) in [4.78, 5) is 4.88. The second-order valence-electron chi connectivity index (χ2n) is 5.81. The van der Waals surface area contributed by atoms with Gasteiger partial charge in [0.2, 0.25) is 0 Å². The van der Waals surface area contributed by atoms with Gasteiger partial charge >= 0.3 is 0 Å². The number of para-hydroxylation sites is 1. The van der Waals surface area contributed by atoms with Crippen LogP contribution in [0.4, 0.5) is 0 Å². The van der Waals surface area contributed by atoms with Crippen LogP contribution < -0.4 is 0 Å². The number of hydrogen-bond acceptors (Lipinski definition) is 1. The summed E-state index contributed by atoms with van der Waals surface area (Å²) in [5.74, 6) is 1.10. The molecule has 0 amide bonds. The second kappa shape index (κ2) is 7.35. The Kier molecular flexibility index (Phi) is 5.39. The maximum absolute atomic E-state index is 6.42. The molecule has 0 aliphatic rings. The molecule has 0 saturated carbocycles. The van der Waals surface area contributed by atoms with Crippen LogP contribution in [0.1, 0.15) is 32.5 Å². The largest absolute Gasteiger partial charge is 0.328 e. The summed E-state index contributed by atoms with van der Waals surface area (Å²) in [7, 11) is 0. The Labute approximate surface area is 157 Å². The van der Waals surface area contributed by atoms with Crippen LogP contribution in [0.25, 0.3) is 22.2 Å². The molecule has 2 aromatic carbocycles. The lowest BCUT2D eigenvalue weighted by molar-refractivity contribution is 0.620. The van der Waals surface area contributed by atoms with Crippen molar-refractivity contribution in [3.8, 4) is 11.1 Å². The van der Waals surface area contributed by atoms with Gasteiger partial charge in [0.05, 0.1) is 26.1 Å². The third kappa shape index (κ3) is 3.15. The van der Waals surface area contributed by atoms with Crippen molar-refractivity contribution in [3.63, 3.8) is 0 Å². The van der Waals surface area contributed by atoms with E-state index in [0.717, 1.165) is 53.8 Å². The average molecular weight is 382 g/mol. The van der Waals surface area contributed by atoms with Gasteiger partial charge in [-0.25, -0.2) is 4.98 Å². The molecule has 1 heterocycles. The van der Waals surface area contributed by atoms with Gasteiger partial charge in [0.25, 0.3) is 0 Å². The highest BCUT2D eigenvalue weighted by Crippen LogP contribution is 2.38. The third-order valence-electron chi connectivity index (χ3n) is 4.21. The lowest BCUT2D eigenvalue weighted by Gasteiger charge is -2.09. The fraction of sp³-hybridized carbons (Fsp3) is 0.316. The van der Waals surface area contributed by atoms with E-state index in [2.05, 4.69) is 24.5 Å². The molecular weight excluding hydrogens is 363 g/mol. The first-order chi connectivity index (χ1) is 11.6. The Bertz CT molecular complexity index is 884. The minimum absolute atomic E-state index is 0.459. The van der Waals surface area contributed by atoms with Crippen molar-refractivity contribution in [2.24, 2.45) is 0 Å². The fourth-order valence-electron chi connectivity index (χ4n) is 2.98. The number of benzene rings is 2. The molecule has 0 N–H and O–H groups in total. The number of halogens is 3. The molecule has 0 atom stereocenters. The molecule has 0 unspecified atom stereocenters. The van der Waals surface area contributed by atoms with Crippen LogP contribution in [0, 0.1) is 0 Å². The summed E-state index contributed by atoms with van der Waals surface area (Å²) in [6.45, 7) is 5.32. The second-order valence-corrected chi connectivity index (χ2v) is 7.03.